The van der Waals surface area contributed by atoms with Gasteiger partial charge in [0.2, 0.25) is 0 Å². The first kappa shape index (κ1) is 21.7. The van der Waals surface area contributed by atoms with E-state index >= 15 is 0 Å². The number of anilines is 2. The first-order valence-corrected chi connectivity index (χ1v) is 10.9. The van der Waals surface area contributed by atoms with Crippen molar-refractivity contribution in [1.29, 1.82) is 0 Å². The largest absolute Gasteiger partial charge is 0.472 e. The smallest absolute Gasteiger partial charge is 0.410 e. The van der Waals surface area contributed by atoms with Crippen molar-refractivity contribution >= 4 is 17.7 Å². The molecule has 2 aromatic heterocycles. The fourth-order valence-corrected chi connectivity index (χ4v) is 3.65. The van der Waals surface area contributed by atoms with Gasteiger partial charge in [-0.05, 0) is 44.5 Å². The molecule has 0 radical (unpaired) electrons. The van der Waals surface area contributed by atoms with Crippen LogP contribution in [0.5, 0.6) is 0 Å². The van der Waals surface area contributed by atoms with Crippen LogP contribution in [0, 0.1) is 0 Å². The van der Waals surface area contributed by atoms with Crippen molar-refractivity contribution in [2.45, 2.75) is 32.9 Å². The lowest BCUT2D eigenvalue weighted by Crippen LogP contribution is -2.50. The zero-order valence-corrected chi connectivity index (χ0v) is 18.9. The van der Waals surface area contributed by atoms with E-state index in [-0.39, 0.29) is 6.09 Å². The van der Waals surface area contributed by atoms with Gasteiger partial charge in [-0.3, -0.25) is 0 Å². The molecule has 7 nitrogen and oxygen atoms in total. The molecule has 0 aliphatic carbocycles. The summed E-state index contributed by atoms with van der Waals surface area (Å²) in [7, 11) is 0. The van der Waals surface area contributed by atoms with Crippen LogP contribution in [0.2, 0.25) is 0 Å². The summed E-state index contributed by atoms with van der Waals surface area (Å²) >= 11 is 0. The van der Waals surface area contributed by atoms with Crippen molar-refractivity contribution in [3.63, 3.8) is 0 Å². The monoisotopic (exact) mass is 434 g/mol. The highest BCUT2D eigenvalue weighted by Crippen LogP contribution is 2.32. The van der Waals surface area contributed by atoms with Gasteiger partial charge in [-0.25, -0.2) is 9.78 Å². The van der Waals surface area contributed by atoms with Crippen molar-refractivity contribution in [3.05, 3.63) is 66.6 Å². The predicted octanol–water partition coefficient (Wildman–Crippen LogP) is 5.01. The van der Waals surface area contributed by atoms with E-state index in [0.717, 1.165) is 22.8 Å². The van der Waals surface area contributed by atoms with Crippen molar-refractivity contribution in [2.75, 3.05) is 36.4 Å². The molecule has 1 aliphatic rings. The summed E-state index contributed by atoms with van der Waals surface area (Å²) in [5.41, 5.74) is 2.69. The van der Waals surface area contributed by atoms with Gasteiger partial charge in [0.25, 0.3) is 0 Å². The van der Waals surface area contributed by atoms with Crippen LogP contribution in [0.3, 0.4) is 0 Å². The van der Waals surface area contributed by atoms with Crippen LogP contribution < -0.4 is 10.2 Å². The molecule has 168 valence electrons. The maximum Gasteiger partial charge on any atom is 0.410 e. The molecule has 1 fully saturated rings. The summed E-state index contributed by atoms with van der Waals surface area (Å²) < 4.78 is 10.8. The number of hydrogen-bond donors (Lipinski definition) is 1. The molecule has 4 rings (SSSR count). The third-order valence-electron chi connectivity index (χ3n) is 5.25. The second kappa shape index (κ2) is 9.34. The Kier molecular flexibility index (Phi) is 6.35. The SMILES string of the molecule is CC(C)(C)OC(=O)N1CCN(c2nc(NCc3ccccc3)ccc2-c2ccoc2)CC1. The minimum absolute atomic E-state index is 0.265. The molecule has 1 aromatic carbocycles. The minimum Gasteiger partial charge on any atom is -0.472 e. The van der Waals surface area contributed by atoms with Gasteiger partial charge >= 0.3 is 6.09 Å². The lowest BCUT2D eigenvalue weighted by molar-refractivity contribution is 0.0240. The number of hydrogen-bond acceptors (Lipinski definition) is 6. The number of furan rings is 1. The average Bonchev–Trinajstić information content (AvgIpc) is 3.32. The fraction of sp³-hybridized carbons (Fsp3) is 0.360. The minimum atomic E-state index is -0.497. The number of amides is 1. The number of nitrogens with zero attached hydrogens (tertiary/aromatic N) is 3. The quantitative estimate of drug-likeness (QED) is 0.609. The summed E-state index contributed by atoms with van der Waals surface area (Å²) in [6.45, 7) is 8.89. The second-order valence-electron chi connectivity index (χ2n) is 8.87. The molecule has 32 heavy (non-hydrogen) atoms. The number of carbonyl (C=O) groups excluding carboxylic acids is 1. The molecule has 1 N–H and O–H groups in total. The number of pyridine rings is 1. The third-order valence-corrected chi connectivity index (χ3v) is 5.25. The average molecular weight is 435 g/mol. The number of nitrogens with one attached hydrogen (secondary N) is 1. The lowest BCUT2D eigenvalue weighted by Gasteiger charge is -2.37. The van der Waals surface area contributed by atoms with Crippen LogP contribution in [0.4, 0.5) is 16.4 Å². The molecule has 0 unspecified atom stereocenters. The van der Waals surface area contributed by atoms with Gasteiger partial charge in [0.15, 0.2) is 0 Å². The predicted molar refractivity (Wildman–Crippen MR) is 126 cm³/mol. The Labute approximate surface area is 189 Å². The first-order chi connectivity index (χ1) is 15.4. The molecule has 0 spiro atoms. The first-order valence-electron chi connectivity index (χ1n) is 10.9. The van der Waals surface area contributed by atoms with Crippen molar-refractivity contribution < 1.29 is 13.9 Å². The maximum absolute atomic E-state index is 12.4. The molecule has 3 aromatic rings. The Balaban J connectivity index is 1.50. The topological polar surface area (TPSA) is 70.8 Å². The molecule has 3 heterocycles. The van der Waals surface area contributed by atoms with Crippen LogP contribution in [-0.4, -0.2) is 47.8 Å². The zero-order chi connectivity index (χ0) is 22.6. The van der Waals surface area contributed by atoms with Crippen LogP contribution in [0.25, 0.3) is 11.1 Å². The third kappa shape index (κ3) is 5.41. The van der Waals surface area contributed by atoms with E-state index < -0.39 is 5.60 Å². The number of ether oxygens (including phenoxy) is 1. The molecule has 1 saturated heterocycles. The molecule has 7 heteroatoms. The maximum atomic E-state index is 12.4. The summed E-state index contributed by atoms with van der Waals surface area (Å²) in [5.74, 6) is 1.69. The highest BCUT2D eigenvalue weighted by Gasteiger charge is 2.27. The van der Waals surface area contributed by atoms with Gasteiger partial charge in [-0.2, -0.15) is 0 Å². The molecule has 0 bridgehead atoms. The number of benzene rings is 1. The van der Waals surface area contributed by atoms with E-state index in [4.69, 9.17) is 14.1 Å². The normalized spacial score (nSPS) is 14.3. The van der Waals surface area contributed by atoms with Crippen molar-refractivity contribution in [3.8, 4) is 11.1 Å². The molecule has 0 saturated carbocycles. The summed E-state index contributed by atoms with van der Waals surface area (Å²) in [5, 5.41) is 3.42. The number of carbonyl (C=O) groups is 1. The number of piperazine rings is 1. The molecule has 0 atom stereocenters. The van der Waals surface area contributed by atoms with Crippen LogP contribution >= 0.6 is 0 Å². The fourth-order valence-electron chi connectivity index (χ4n) is 3.65. The van der Waals surface area contributed by atoms with Gasteiger partial charge in [0.1, 0.15) is 17.2 Å². The standard InChI is InChI=1S/C25H30N4O3/c1-25(2,3)32-24(30)29-14-12-28(13-15-29)23-21(20-11-16-31-18-20)9-10-22(27-23)26-17-19-7-5-4-6-8-19/h4-11,16,18H,12-15,17H2,1-3H3,(H,26,27). The Morgan fingerprint density at radius 3 is 2.47 bits per heavy atom. The highest BCUT2D eigenvalue weighted by atomic mass is 16.6. The van der Waals surface area contributed by atoms with E-state index in [2.05, 4.69) is 28.4 Å². The van der Waals surface area contributed by atoms with E-state index in [1.165, 1.54) is 5.56 Å². The Bertz CT molecular complexity index is 1020. The Morgan fingerprint density at radius 1 is 1.06 bits per heavy atom. The van der Waals surface area contributed by atoms with Gasteiger partial charge in [0, 0.05) is 43.9 Å². The number of rotatable bonds is 5. The van der Waals surface area contributed by atoms with Crippen molar-refractivity contribution in [1.82, 2.24) is 9.88 Å². The van der Waals surface area contributed by atoms with Crippen LogP contribution in [0.1, 0.15) is 26.3 Å². The van der Waals surface area contributed by atoms with E-state index in [9.17, 15) is 4.79 Å². The van der Waals surface area contributed by atoms with Crippen LogP contribution in [0.15, 0.2) is 65.5 Å². The summed E-state index contributed by atoms with van der Waals surface area (Å²) in [6, 6.07) is 16.2. The molecular formula is C25H30N4O3. The van der Waals surface area contributed by atoms with Crippen molar-refractivity contribution in [2.24, 2.45) is 0 Å². The Hall–Kier alpha value is -3.48. The molecule has 1 amide bonds. The summed E-state index contributed by atoms with van der Waals surface area (Å²) in [4.78, 5) is 21.3. The molecule has 1 aliphatic heterocycles. The van der Waals surface area contributed by atoms with E-state index in [1.54, 1.807) is 17.4 Å². The van der Waals surface area contributed by atoms with Crippen LogP contribution in [-0.2, 0) is 11.3 Å². The highest BCUT2D eigenvalue weighted by molar-refractivity contribution is 5.77. The van der Waals surface area contributed by atoms with E-state index in [0.29, 0.717) is 32.7 Å². The Morgan fingerprint density at radius 2 is 1.81 bits per heavy atom. The van der Waals surface area contributed by atoms with Gasteiger partial charge in [-0.1, -0.05) is 30.3 Å². The summed E-state index contributed by atoms with van der Waals surface area (Å²) in [6.07, 6.45) is 3.13. The van der Waals surface area contributed by atoms with Gasteiger partial charge in [0.05, 0.1) is 12.5 Å². The van der Waals surface area contributed by atoms with E-state index in [1.807, 2.05) is 51.1 Å². The van der Waals surface area contributed by atoms with Gasteiger partial charge < -0.3 is 24.3 Å². The lowest BCUT2D eigenvalue weighted by atomic mass is 10.1. The molecular weight excluding hydrogens is 404 g/mol. The van der Waals surface area contributed by atoms with Gasteiger partial charge in [-0.15, -0.1) is 0 Å². The second-order valence-corrected chi connectivity index (χ2v) is 8.87. The number of aromatic nitrogens is 1. The zero-order valence-electron chi connectivity index (χ0n) is 18.9.